The molecule has 0 unspecified atom stereocenters. The summed E-state index contributed by atoms with van der Waals surface area (Å²) in [7, 11) is 1.24. The van der Waals surface area contributed by atoms with Gasteiger partial charge in [0, 0.05) is 29.2 Å². The number of rotatable bonds is 6. The molecule has 0 aliphatic rings. The van der Waals surface area contributed by atoms with Crippen molar-refractivity contribution >= 4 is 40.9 Å². The zero-order valence-electron chi connectivity index (χ0n) is 14.5. The van der Waals surface area contributed by atoms with Gasteiger partial charge < -0.3 is 15.0 Å². The Labute approximate surface area is 160 Å². The third-order valence-electron chi connectivity index (χ3n) is 3.90. The summed E-state index contributed by atoms with van der Waals surface area (Å²) in [4.78, 5) is 38.8. The Balaban J connectivity index is 2.16. The first-order valence-corrected chi connectivity index (χ1v) is 8.51. The van der Waals surface area contributed by atoms with Crippen LogP contribution in [0.2, 0.25) is 10.0 Å². The van der Waals surface area contributed by atoms with E-state index in [0.29, 0.717) is 26.9 Å². The highest BCUT2D eigenvalue weighted by Crippen LogP contribution is 2.22. The number of aromatic nitrogens is 1. The largest absolute Gasteiger partial charge is 0.465 e. The molecule has 0 fully saturated rings. The third kappa shape index (κ3) is 4.45. The molecule has 2 N–H and O–H groups in total. The summed E-state index contributed by atoms with van der Waals surface area (Å²) in [6, 6.07) is 4.99. The first kappa shape index (κ1) is 20.0. The Hall–Kier alpha value is -2.31. The number of halogens is 2. The van der Waals surface area contributed by atoms with Gasteiger partial charge in [0.15, 0.2) is 5.78 Å². The maximum atomic E-state index is 12.3. The number of aromatic amines is 1. The van der Waals surface area contributed by atoms with Gasteiger partial charge in [-0.1, -0.05) is 29.3 Å². The molecule has 1 amide bonds. The Kier molecular flexibility index (Phi) is 6.45. The molecule has 6 nitrogen and oxygen atoms in total. The van der Waals surface area contributed by atoms with E-state index in [1.807, 2.05) is 0 Å². The van der Waals surface area contributed by atoms with Gasteiger partial charge in [0.25, 0.3) is 0 Å². The van der Waals surface area contributed by atoms with Crippen LogP contribution in [0.4, 0.5) is 0 Å². The summed E-state index contributed by atoms with van der Waals surface area (Å²) in [5.41, 5.74) is 2.00. The number of ether oxygens (including phenoxy) is 1. The maximum absolute atomic E-state index is 12.3. The molecule has 26 heavy (non-hydrogen) atoms. The van der Waals surface area contributed by atoms with Gasteiger partial charge in [-0.05, 0) is 30.2 Å². The van der Waals surface area contributed by atoms with Crippen LogP contribution >= 0.6 is 23.2 Å². The number of methoxy groups -OCH3 is 1. The molecule has 1 aromatic heterocycles. The fourth-order valence-corrected chi connectivity index (χ4v) is 3.08. The molecule has 0 atom stereocenters. The molecule has 0 aliphatic carbocycles. The first-order chi connectivity index (χ1) is 12.2. The van der Waals surface area contributed by atoms with E-state index in [0.717, 1.165) is 0 Å². The SMILES string of the molecule is COC(=O)c1c(CC(=O)NCc2ccc(Cl)cc2Cl)[nH]c(C(C)=O)c1C. The monoisotopic (exact) mass is 396 g/mol. The summed E-state index contributed by atoms with van der Waals surface area (Å²) in [6.45, 7) is 3.22. The topological polar surface area (TPSA) is 88.3 Å². The molecule has 1 aromatic carbocycles. The quantitative estimate of drug-likeness (QED) is 0.577. The Morgan fingerprint density at radius 1 is 1.23 bits per heavy atom. The molecule has 2 rings (SSSR count). The smallest absolute Gasteiger partial charge is 0.339 e. The molecule has 8 heteroatoms. The average Bonchev–Trinajstić information content (AvgIpc) is 2.89. The number of H-pyrrole nitrogens is 1. The number of benzene rings is 1. The van der Waals surface area contributed by atoms with Gasteiger partial charge in [0.05, 0.1) is 24.8 Å². The molecular weight excluding hydrogens is 379 g/mol. The van der Waals surface area contributed by atoms with E-state index in [-0.39, 0.29) is 35.9 Å². The number of amides is 1. The second-order valence-corrected chi connectivity index (χ2v) is 6.56. The predicted octanol–water partition coefficient (Wildman–Crippen LogP) is 3.48. The van der Waals surface area contributed by atoms with E-state index in [9.17, 15) is 14.4 Å². The summed E-state index contributed by atoms with van der Waals surface area (Å²) in [5, 5.41) is 3.68. The molecule has 0 spiro atoms. The van der Waals surface area contributed by atoms with E-state index >= 15 is 0 Å². The molecule has 1 heterocycles. The van der Waals surface area contributed by atoms with Crippen LogP contribution in [0.25, 0.3) is 0 Å². The van der Waals surface area contributed by atoms with Gasteiger partial charge in [-0.25, -0.2) is 4.79 Å². The van der Waals surface area contributed by atoms with Crippen molar-refractivity contribution in [2.45, 2.75) is 26.8 Å². The maximum Gasteiger partial charge on any atom is 0.339 e. The second-order valence-electron chi connectivity index (χ2n) is 5.72. The van der Waals surface area contributed by atoms with Gasteiger partial charge in [-0.3, -0.25) is 9.59 Å². The van der Waals surface area contributed by atoms with Crippen molar-refractivity contribution < 1.29 is 19.1 Å². The predicted molar refractivity (Wildman–Crippen MR) is 98.9 cm³/mol. The standard InChI is InChI=1S/C18H18Cl2N2O4/c1-9-16(18(25)26-3)14(22-17(9)10(2)23)7-15(24)21-8-11-4-5-12(19)6-13(11)20/h4-6,22H,7-8H2,1-3H3,(H,21,24). The van der Waals surface area contributed by atoms with Gasteiger partial charge in [0.1, 0.15) is 0 Å². The fraction of sp³-hybridized carbons (Fsp3) is 0.278. The zero-order chi connectivity index (χ0) is 19.4. The van der Waals surface area contributed by atoms with Crippen LogP contribution in [0, 0.1) is 6.92 Å². The van der Waals surface area contributed by atoms with E-state index in [2.05, 4.69) is 10.3 Å². The van der Waals surface area contributed by atoms with Crippen LogP contribution in [0.1, 0.15) is 44.6 Å². The normalized spacial score (nSPS) is 10.5. The molecule has 0 radical (unpaired) electrons. The van der Waals surface area contributed by atoms with Crippen molar-refractivity contribution in [3.05, 3.63) is 56.3 Å². The van der Waals surface area contributed by atoms with Crippen molar-refractivity contribution in [2.24, 2.45) is 0 Å². The molecule has 2 aromatic rings. The summed E-state index contributed by atoms with van der Waals surface area (Å²) in [5.74, 6) is -1.17. The van der Waals surface area contributed by atoms with Crippen molar-refractivity contribution in [3.63, 3.8) is 0 Å². The summed E-state index contributed by atoms with van der Waals surface area (Å²) >= 11 is 11.9. The molecule has 0 aliphatic heterocycles. The lowest BCUT2D eigenvalue weighted by Crippen LogP contribution is -2.25. The lowest BCUT2D eigenvalue weighted by molar-refractivity contribution is -0.120. The number of carbonyl (C=O) groups excluding carboxylic acids is 3. The highest BCUT2D eigenvalue weighted by Gasteiger charge is 2.24. The van der Waals surface area contributed by atoms with Gasteiger partial charge in [-0.2, -0.15) is 0 Å². The zero-order valence-corrected chi connectivity index (χ0v) is 16.0. The highest BCUT2D eigenvalue weighted by atomic mass is 35.5. The van der Waals surface area contributed by atoms with Crippen LogP contribution in [0.3, 0.4) is 0 Å². The minimum absolute atomic E-state index is 0.107. The van der Waals surface area contributed by atoms with Gasteiger partial charge in [0.2, 0.25) is 5.91 Å². The van der Waals surface area contributed by atoms with Crippen LogP contribution < -0.4 is 5.32 Å². The number of hydrogen-bond acceptors (Lipinski definition) is 4. The number of ketones is 1. The molecule has 0 saturated heterocycles. The molecule has 0 saturated carbocycles. The number of hydrogen-bond donors (Lipinski definition) is 2. The number of carbonyl (C=O) groups is 3. The first-order valence-electron chi connectivity index (χ1n) is 7.75. The molecule has 0 bridgehead atoms. The Bertz CT molecular complexity index is 874. The van der Waals surface area contributed by atoms with Crippen molar-refractivity contribution in [3.8, 4) is 0 Å². The van der Waals surface area contributed by atoms with Crippen molar-refractivity contribution in [2.75, 3.05) is 7.11 Å². The van der Waals surface area contributed by atoms with Crippen LogP contribution in [0.5, 0.6) is 0 Å². The van der Waals surface area contributed by atoms with Crippen molar-refractivity contribution in [1.29, 1.82) is 0 Å². The van der Waals surface area contributed by atoms with E-state index in [1.165, 1.54) is 14.0 Å². The average molecular weight is 397 g/mol. The fourth-order valence-electron chi connectivity index (χ4n) is 2.60. The molecule has 138 valence electrons. The van der Waals surface area contributed by atoms with Gasteiger partial charge in [-0.15, -0.1) is 0 Å². The second kappa shape index (κ2) is 8.38. The summed E-state index contributed by atoms with van der Waals surface area (Å²) < 4.78 is 4.76. The number of esters is 1. The summed E-state index contributed by atoms with van der Waals surface area (Å²) in [6.07, 6.45) is -0.107. The van der Waals surface area contributed by atoms with Crippen LogP contribution in [0.15, 0.2) is 18.2 Å². The molecular formula is C18H18Cl2N2O4. The third-order valence-corrected chi connectivity index (χ3v) is 4.48. The van der Waals surface area contributed by atoms with E-state index in [1.54, 1.807) is 25.1 Å². The van der Waals surface area contributed by atoms with E-state index < -0.39 is 5.97 Å². The highest BCUT2D eigenvalue weighted by molar-refractivity contribution is 6.35. The minimum Gasteiger partial charge on any atom is -0.465 e. The van der Waals surface area contributed by atoms with Crippen LogP contribution in [-0.2, 0) is 22.5 Å². The Morgan fingerprint density at radius 2 is 1.92 bits per heavy atom. The number of nitrogens with one attached hydrogen (secondary N) is 2. The number of Topliss-reactive ketones (excluding diaryl/α,β-unsaturated/α-hetero) is 1. The van der Waals surface area contributed by atoms with Gasteiger partial charge >= 0.3 is 5.97 Å². The lowest BCUT2D eigenvalue weighted by atomic mass is 10.1. The van der Waals surface area contributed by atoms with Crippen LogP contribution in [-0.4, -0.2) is 29.8 Å². The Morgan fingerprint density at radius 3 is 2.50 bits per heavy atom. The lowest BCUT2D eigenvalue weighted by Gasteiger charge is -2.08. The van der Waals surface area contributed by atoms with E-state index in [4.69, 9.17) is 27.9 Å². The minimum atomic E-state index is -0.602. The van der Waals surface area contributed by atoms with Crippen molar-refractivity contribution in [1.82, 2.24) is 10.3 Å².